The number of rotatable bonds is 1. The minimum Gasteiger partial charge on any atom is -0.458 e. The Morgan fingerprint density at radius 2 is 1.94 bits per heavy atom. The summed E-state index contributed by atoms with van der Waals surface area (Å²) in [5.41, 5.74) is 12.2. The van der Waals surface area contributed by atoms with Gasteiger partial charge in [0.15, 0.2) is 5.60 Å². The number of benzene rings is 1. The van der Waals surface area contributed by atoms with Gasteiger partial charge in [-0.25, -0.2) is 9.78 Å². The van der Waals surface area contributed by atoms with Gasteiger partial charge in [-0.1, -0.05) is 19.8 Å². The summed E-state index contributed by atoms with van der Waals surface area (Å²) in [7, 11) is 0. The Hall–Kier alpha value is -3.19. The zero-order chi connectivity index (χ0) is 23.4. The van der Waals surface area contributed by atoms with Gasteiger partial charge in [0, 0.05) is 22.2 Å². The zero-order valence-corrected chi connectivity index (χ0v) is 19.2. The molecule has 0 amide bonds. The largest absolute Gasteiger partial charge is 0.458 e. The highest BCUT2D eigenvalue weighted by Crippen LogP contribution is 2.54. The van der Waals surface area contributed by atoms with E-state index in [1.165, 1.54) is 42.2 Å². The molecule has 7 heteroatoms. The van der Waals surface area contributed by atoms with E-state index in [1.54, 1.807) is 17.6 Å². The van der Waals surface area contributed by atoms with E-state index in [4.69, 9.17) is 15.5 Å². The number of nitrogen functional groups attached to an aromatic ring is 1. The average molecular weight is 458 g/mol. The third kappa shape index (κ3) is 2.28. The molecule has 4 aliphatic rings. The van der Waals surface area contributed by atoms with Crippen molar-refractivity contribution in [2.45, 2.75) is 76.0 Å². The van der Waals surface area contributed by atoms with Crippen LogP contribution in [0.3, 0.4) is 0 Å². The molecule has 0 saturated heterocycles. The second-order valence-electron chi connectivity index (χ2n) is 10.4. The average Bonchev–Trinajstić information content (AvgIpc) is 3.45. The van der Waals surface area contributed by atoms with Crippen molar-refractivity contribution in [3.8, 4) is 11.4 Å². The van der Waals surface area contributed by atoms with Crippen molar-refractivity contribution in [2.75, 3.05) is 5.73 Å². The molecule has 0 radical (unpaired) electrons. The highest BCUT2D eigenvalue weighted by Gasteiger charge is 2.46. The fraction of sp³-hybridized carbons (Fsp3) is 0.444. The number of ether oxygens (including phenoxy) is 1. The van der Waals surface area contributed by atoms with Gasteiger partial charge in [-0.05, 0) is 66.8 Å². The third-order valence-corrected chi connectivity index (χ3v) is 8.95. The van der Waals surface area contributed by atoms with Crippen molar-refractivity contribution in [1.29, 1.82) is 0 Å². The normalized spacial score (nSPS) is 23.6. The van der Waals surface area contributed by atoms with E-state index in [1.807, 2.05) is 12.1 Å². The second-order valence-corrected chi connectivity index (χ2v) is 10.4. The number of aromatic nitrogens is 2. The molecule has 0 bridgehead atoms. The van der Waals surface area contributed by atoms with Crippen LogP contribution in [0.4, 0.5) is 5.69 Å². The minimum atomic E-state index is -1.81. The molecule has 34 heavy (non-hydrogen) atoms. The molecule has 1 spiro atoms. The summed E-state index contributed by atoms with van der Waals surface area (Å²) in [6, 6.07) is 5.76. The van der Waals surface area contributed by atoms with Gasteiger partial charge in [0.1, 0.15) is 6.61 Å². The van der Waals surface area contributed by atoms with Crippen LogP contribution in [0.2, 0.25) is 0 Å². The van der Waals surface area contributed by atoms with E-state index in [2.05, 4.69) is 0 Å². The molecular weight excluding hydrogens is 430 g/mol. The van der Waals surface area contributed by atoms with Crippen LogP contribution in [0, 0.1) is 0 Å². The van der Waals surface area contributed by atoms with E-state index >= 15 is 0 Å². The molecule has 1 fully saturated rings. The molecule has 2 aliphatic carbocycles. The summed E-state index contributed by atoms with van der Waals surface area (Å²) in [5, 5.41) is 12.3. The van der Waals surface area contributed by atoms with Crippen LogP contribution in [0.25, 0.3) is 22.3 Å². The molecule has 2 aliphatic heterocycles. The lowest BCUT2D eigenvalue weighted by Gasteiger charge is -2.37. The summed E-state index contributed by atoms with van der Waals surface area (Å²) in [4.78, 5) is 31.0. The molecule has 1 atom stereocenters. The van der Waals surface area contributed by atoms with Gasteiger partial charge in [-0.15, -0.1) is 0 Å². The number of fused-ring (bicyclic) bond motifs is 6. The number of nitrogens with two attached hydrogens (primary N) is 1. The summed E-state index contributed by atoms with van der Waals surface area (Å²) < 4.78 is 6.92. The predicted molar refractivity (Wildman–Crippen MR) is 127 cm³/mol. The number of hydrogen-bond donors (Lipinski definition) is 2. The molecule has 7 rings (SSSR count). The van der Waals surface area contributed by atoms with E-state index in [0.717, 1.165) is 35.3 Å². The third-order valence-electron chi connectivity index (χ3n) is 8.95. The van der Waals surface area contributed by atoms with Crippen molar-refractivity contribution < 1.29 is 14.6 Å². The van der Waals surface area contributed by atoms with Gasteiger partial charge in [0.05, 0.1) is 29.0 Å². The molecule has 1 aromatic carbocycles. The SMILES string of the molecule is CC[C@@]1(O)C(=O)OCc2c1cc1n(c2=O)Cc2c-1nc1ccc(N)c3c1c2CCC31CCCC1. The first kappa shape index (κ1) is 20.2. The number of hydrogen-bond acceptors (Lipinski definition) is 6. The number of nitrogens with zero attached hydrogens (tertiary/aromatic N) is 2. The Balaban J connectivity index is 1.51. The number of carbonyl (C=O) groups is 1. The first-order chi connectivity index (χ1) is 16.4. The Morgan fingerprint density at radius 1 is 1.15 bits per heavy atom. The fourth-order valence-corrected chi connectivity index (χ4v) is 7.17. The van der Waals surface area contributed by atoms with Crippen molar-refractivity contribution in [3.63, 3.8) is 0 Å². The molecule has 1 saturated carbocycles. The Labute approximate surface area is 196 Å². The number of aryl methyl sites for hydroxylation is 1. The number of cyclic esters (lactones) is 1. The predicted octanol–water partition coefficient (Wildman–Crippen LogP) is 3.42. The Morgan fingerprint density at radius 3 is 2.71 bits per heavy atom. The Bertz CT molecular complexity index is 1500. The lowest BCUT2D eigenvalue weighted by Crippen LogP contribution is -2.44. The maximum absolute atomic E-state index is 13.5. The number of anilines is 1. The molecule has 4 heterocycles. The number of carbonyl (C=O) groups excluding carboxylic acids is 1. The van der Waals surface area contributed by atoms with E-state index in [9.17, 15) is 14.7 Å². The monoisotopic (exact) mass is 457 g/mol. The maximum atomic E-state index is 13.5. The van der Waals surface area contributed by atoms with Gasteiger partial charge in [0.2, 0.25) is 0 Å². The standard InChI is InChI=1S/C27H27N3O4/c1-2-27(33)17-11-20-23-15(12-30(20)24(31)16(17)13-34-25(27)32)14-7-10-26(8-3-4-9-26)22-18(28)5-6-19(29-23)21(14)22/h5-6,11,33H,2-4,7-10,12-13,28H2,1H3/t27-/m0/s1. The van der Waals surface area contributed by atoms with Crippen LogP contribution in [0.15, 0.2) is 23.0 Å². The van der Waals surface area contributed by atoms with Crippen molar-refractivity contribution in [2.24, 2.45) is 0 Å². The number of esters is 1. The van der Waals surface area contributed by atoms with E-state index < -0.39 is 11.6 Å². The summed E-state index contributed by atoms with van der Waals surface area (Å²) in [6.07, 6.45) is 6.95. The quantitative estimate of drug-likeness (QED) is 0.335. The number of aliphatic hydroxyl groups is 1. The maximum Gasteiger partial charge on any atom is 0.343 e. The molecule has 3 N–H and O–H groups in total. The first-order valence-electron chi connectivity index (χ1n) is 12.3. The molecular formula is C27H27N3O4. The topological polar surface area (TPSA) is 107 Å². The summed E-state index contributed by atoms with van der Waals surface area (Å²) in [5.74, 6) is -0.700. The van der Waals surface area contributed by atoms with Crippen LogP contribution in [-0.4, -0.2) is 20.6 Å². The highest BCUT2D eigenvalue weighted by atomic mass is 16.6. The van der Waals surface area contributed by atoms with E-state index in [-0.39, 0.29) is 24.0 Å². The van der Waals surface area contributed by atoms with Gasteiger partial charge in [0.25, 0.3) is 5.56 Å². The molecule has 0 unspecified atom stereocenters. The van der Waals surface area contributed by atoms with Crippen LogP contribution in [0.5, 0.6) is 0 Å². The van der Waals surface area contributed by atoms with Crippen LogP contribution >= 0.6 is 0 Å². The molecule has 3 aromatic rings. The van der Waals surface area contributed by atoms with Crippen LogP contribution in [-0.2, 0) is 40.1 Å². The van der Waals surface area contributed by atoms with Crippen molar-refractivity contribution in [1.82, 2.24) is 9.55 Å². The van der Waals surface area contributed by atoms with Gasteiger partial charge in [-0.2, -0.15) is 0 Å². The number of pyridine rings is 2. The minimum absolute atomic E-state index is 0.114. The molecule has 7 nitrogen and oxygen atoms in total. The molecule has 2 aromatic heterocycles. The summed E-state index contributed by atoms with van der Waals surface area (Å²) in [6.45, 7) is 2.04. The van der Waals surface area contributed by atoms with Crippen molar-refractivity contribution in [3.05, 3.63) is 56.4 Å². The smallest absolute Gasteiger partial charge is 0.343 e. The fourth-order valence-electron chi connectivity index (χ4n) is 7.17. The first-order valence-corrected chi connectivity index (χ1v) is 12.3. The van der Waals surface area contributed by atoms with Crippen molar-refractivity contribution >= 4 is 22.6 Å². The van der Waals surface area contributed by atoms with Crippen LogP contribution < -0.4 is 11.3 Å². The van der Waals surface area contributed by atoms with Crippen LogP contribution in [0.1, 0.15) is 73.3 Å². The van der Waals surface area contributed by atoms with Gasteiger partial charge in [-0.3, -0.25) is 4.79 Å². The van der Waals surface area contributed by atoms with Gasteiger partial charge >= 0.3 is 5.97 Å². The second kappa shape index (κ2) is 6.48. The lowest BCUT2D eigenvalue weighted by atomic mass is 9.67. The summed E-state index contributed by atoms with van der Waals surface area (Å²) >= 11 is 0. The van der Waals surface area contributed by atoms with E-state index in [0.29, 0.717) is 23.4 Å². The van der Waals surface area contributed by atoms with Gasteiger partial charge < -0.3 is 20.1 Å². The Kier molecular flexibility index (Phi) is 3.85. The molecule has 174 valence electrons. The highest BCUT2D eigenvalue weighted by molar-refractivity contribution is 5.95. The lowest BCUT2D eigenvalue weighted by molar-refractivity contribution is -0.172. The zero-order valence-electron chi connectivity index (χ0n) is 19.2.